The zero-order chi connectivity index (χ0) is 14.5. The van der Waals surface area contributed by atoms with Gasteiger partial charge in [-0.2, -0.15) is 0 Å². The van der Waals surface area contributed by atoms with Gasteiger partial charge in [0.15, 0.2) is 11.6 Å². The Hall–Kier alpha value is -2.07. The quantitative estimate of drug-likeness (QED) is 0.852. The number of hydrogen-bond acceptors (Lipinski definition) is 3. The molecule has 0 heterocycles. The summed E-state index contributed by atoms with van der Waals surface area (Å²) >= 11 is 0. The van der Waals surface area contributed by atoms with E-state index in [1.165, 1.54) is 13.2 Å². The van der Waals surface area contributed by atoms with E-state index in [4.69, 9.17) is 10.5 Å². The van der Waals surface area contributed by atoms with Gasteiger partial charge in [0.05, 0.1) is 7.11 Å². The number of anilines is 1. The lowest BCUT2D eigenvalue weighted by Crippen LogP contribution is -2.18. The highest BCUT2D eigenvalue weighted by molar-refractivity contribution is 5.46. The van der Waals surface area contributed by atoms with Crippen LogP contribution in [0.5, 0.6) is 5.75 Å². The van der Waals surface area contributed by atoms with Crippen molar-refractivity contribution in [2.45, 2.75) is 13.1 Å². The van der Waals surface area contributed by atoms with Crippen molar-refractivity contribution in [2.24, 2.45) is 0 Å². The number of nitrogens with zero attached hydrogens (tertiary/aromatic N) is 1. The van der Waals surface area contributed by atoms with Gasteiger partial charge < -0.3 is 10.5 Å². The van der Waals surface area contributed by atoms with Crippen LogP contribution < -0.4 is 10.5 Å². The first kappa shape index (κ1) is 14.3. The molecule has 2 aromatic carbocycles. The lowest BCUT2D eigenvalue weighted by molar-refractivity contribution is 0.318. The molecule has 0 amide bonds. The lowest BCUT2D eigenvalue weighted by Gasteiger charge is -2.18. The predicted molar refractivity (Wildman–Crippen MR) is 79.0 cm³/mol. The summed E-state index contributed by atoms with van der Waals surface area (Å²) in [5.74, 6) is -0.0682. The van der Waals surface area contributed by atoms with Gasteiger partial charge in [0.25, 0.3) is 0 Å². The van der Waals surface area contributed by atoms with Crippen LogP contribution in [-0.2, 0) is 13.1 Å². The number of methoxy groups -OCH3 is 1. The van der Waals surface area contributed by atoms with Gasteiger partial charge in [-0.15, -0.1) is 0 Å². The molecule has 0 saturated heterocycles. The second kappa shape index (κ2) is 6.39. The Morgan fingerprint density at radius 2 is 1.90 bits per heavy atom. The maximum Gasteiger partial charge on any atom is 0.165 e. The summed E-state index contributed by atoms with van der Waals surface area (Å²) in [6.45, 7) is 1.37. The topological polar surface area (TPSA) is 38.5 Å². The molecule has 0 aliphatic carbocycles. The summed E-state index contributed by atoms with van der Waals surface area (Å²) in [6.07, 6.45) is 0. The molecule has 4 heteroatoms. The lowest BCUT2D eigenvalue weighted by atomic mass is 10.1. The zero-order valence-corrected chi connectivity index (χ0v) is 11.8. The van der Waals surface area contributed by atoms with Crippen LogP contribution in [0.3, 0.4) is 0 Å². The molecule has 0 radical (unpaired) electrons. The van der Waals surface area contributed by atoms with E-state index in [1.54, 1.807) is 6.07 Å². The van der Waals surface area contributed by atoms with E-state index >= 15 is 0 Å². The van der Waals surface area contributed by atoms with Crippen molar-refractivity contribution in [2.75, 3.05) is 19.9 Å². The summed E-state index contributed by atoms with van der Waals surface area (Å²) in [5, 5.41) is 0. The van der Waals surface area contributed by atoms with Crippen molar-refractivity contribution in [3.63, 3.8) is 0 Å². The Kier molecular flexibility index (Phi) is 4.58. The van der Waals surface area contributed by atoms with E-state index in [-0.39, 0.29) is 11.6 Å². The van der Waals surface area contributed by atoms with Gasteiger partial charge in [-0.1, -0.05) is 24.3 Å². The van der Waals surface area contributed by atoms with Crippen LogP contribution in [0.4, 0.5) is 10.1 Å². The van der Waals surface area contributed by atoms with Crippen molar-refractivity contribution in [3.05, 3.63) is 59.4 Å². The summed E-state index contributed by atoms with van der Waals surface area (Å²) in [4.78, 5) is 2.09. The summed E-state index contributed by atoms with van der Waals surface area (Å²) in [7, 11) is 3.44. The van der Waals surface area contributed by atoms with Crippen molar-refractivity contribution >= 4 is 5.69 Å². The van der Waals surface area contributed by atoms with Crippen LogP contribution in [0.25, 0.3) is 0 Å². The maximum atomic E-state index is 13.6. The molecule has 2 aromatic rings. The van der Waals surface area contributed by atoms with E-state index in [0.29, 0.717) is 6.54 Å². The Morgan fingerprint density at radius 1 is 1.15 bits per heavy atom. The monoisotopic (exact) mass is 274 g/mol. The van der Waals surface area contributed by atoms with E-state index in [2.05, 4.69) is 4.90 Å². The number of nitrogens with two attached hydrogens (primary N) is 1. The molecule has 0 aromatic heterocycles. The second-order valence-corrected chi connectivity index (χ2v) is 4.84. The summed E-state index contributed by atoms with van der Waals surface area (Å²) in [6, 6.07) is 12.8. The normalized spacial score (nSPS) is 10.8. The molecule has 2 N–H and O–H groups in total. The van der Waals surface area contributed by atoms with Gasteiger partial charge >= 0.3 is 0 Å². The predicted octanol–water partition coefficient (Wildman–Crippen LogP) is 3.05. The van der Waals surface area contributed by atoms with Gasteiger partial charge in [0, 0.05) is 18.8 Å². The van der Waals surface area contributed by atoms with Gasteiger partial charge in [0.1, 0.15) is 0 Å². The minimum absolute atomic E-state index is 0.267. The molecule has 106 valence electrons. The first-order valence-corrected chi connectivity index (χ1v) is 6.44. The van der Waals surface area contributed by atoms with E-state index in [9.17, 15) is 4.39 Å². The van der Waals surface area contributed by atoms with Gasteiger partial charge in [0.2, 0.25) is 0 Å². The first-order valence-electron chi connectivity index (χ1n) is 6.44. The van der Waals surface area contributed by atoms with Gasteiger partial charge in [-0.3, -0.25) is 4.90 Å². The Labute approximate surface area is 118 Å². The molecule has 2 rings (SSSR count). The summed E-state index contributed by atoms with van der Waals surface area (Å²) in [5.41, 5.74) is 8.68. The van der Waals surface area contributed by atoms with E-state index < -0.39 is 0 Å². The van der Waals surface area contributed by atoms with Crippen LogP contribution in [-0.4, -0.2) is 19.1 Å². The number of hydrogen-bond donors (Lipinski definition) is 1. The smallest absolute Gasteiger partial charge is 0.165 e. The number of rotatable bonds is 5. The third kappa shape index (κ3) is 3.48. The molecule has 0 saturated carbocycles. The van der Waals surface area contributed by atoms with E-state index in [0.717, 1.165) is 23.4 Å². The third-order valence-electron chi connectivity index (χ3n) is 3.16. The van der Waals surface area contributed by atoms with Gasteiger partial charge in [-0.25, -0.2) is 4.39 Å². The molecule has 3 nitrogen and oxygen atoms in total. The van der Waals surface area contributed by atoms with Crippen LogP contribution in [0.15, 0.2) is 42.5 Å². The Bertz CT molecular complexity index is 586. The minimum Gasteiger partial charge on any atom is -0.494 e. The van der Waals surface area contributed by atoms with E-state index in [1.807, 2.05) is 37.4 Å². The molecule has 20 heavy (non-hydrogen) atoms. The van der Waals surface area contributed by atoms with Crippen molar-refractivity contribution in [1.82, 2.24) is 4.90 Å². The zero-order valence-electron chi connectivity index (χ0n) is 11.8. The SMILES string of the molecule is COc1ccc(CN(C)Cc2ccccc2N)cc1F. The number of para-hydroxylation sites is 1. The largest absolute Gasteiger partial charge is 0.494 e. The standard InChI is InChI=1S/C16H19FN2O/c1-19(11-13-5-3-4-6-15(13)18)10-12-7-8-16(20-2)14(17)9-12/h3-9H,10-11,18H2,1-2H3. The fourth-order valence-corrected chi connectivity index (χ4v) is 2.14. The highest BCUT2D eigenvalue weighted by Crippen LogP contribution is 2.19. The van der Waals surface area contributed by atoms with Crippen molar-refractivity contribution in [3.8, 4) is 5.75 Å². The second-order valence-electron chi connectivity index (χ2n) is 4.84. The molecule has 0 atom stereocenters. The molecular formula is C16H19FN2O. The maximum absolute atomic E-state index is 13.6. The third-order valence-corrected chi connectivity index (χ3v) is 3.16. The Morgan fingerprint density at radius 3 is 2.55 bits per heavy atom. The summed E-state index contributed by atoms with van der Waals surface area (Å²) < 4.78 is 18.5. The first-order chi connectivity index (χ1) is 9.60. The average Bonchev–Trinajstić information content (AvgIpc) is 2.41. The number of halogens is 1. The van der Waals surface area contributed by atoms with Gasteiger partial charge in [-0.05, 0) is 36.4 Å². The molecule has 0 aliphatic heterocycles. The van der Waals surface area contributed by atoms with Crippen molar-refractivity contribution in [1.29, 1.82) is 0 Å². The highest BCUT2D eigenvalue weighted by atomic mass is 19.1. The molecule has 0 unspecified atom stereocenters. The molecule has 0 fully saturated rings. The fraction of sp³-hybridized carbons (Fsp3) is 0.250. The number of benzene rings is 2. The average molecular weight is 274 g/mol. The van der Waals surface area contributed by atoms with Crippen LogP contribution in [0.2, 0.25) is 0 Å². The van der Waals surface area contributed by atoms with Crippen LogP contribution in [0, 0.1) is 5.82 Å². The van der Waals surface area contributed by atoms with Crippen LogP contribution in [0.1, 0.15) is 11.1 Å². The fourth-order valence-electron chi connectivity index (χ4n) is 2.14. The molecular weight excluding hydrogens is 255 g/mol. The van der Waals surface area contributed by atoms with Crippen molar-refractivity contribution < 1.29 is 9.13 Å². The molecule has 0 bridgehead atoms. The Balaban J connectivity index is 2.03. The number of nitrogen functional groups attached to an aromatic ring is 1. The molecule has 0 aliphatic rings. The minimum atomic E-state index is -0.336. The number of ether oxygens (including phenoxy) is 1. The van der Waals surface area contributed by atoms with Crippen LogP contribution >= 0.6 is 0 Å². The highest BCUT2D eigenvalue weighted by Gasteiger charge is 2.07. The molecule has 0 spiro atoms.